The molecule has 0 aliphatic heterocycles. The maximum Gasteiger partial charge on any atom is 0.299 e. The predicted molar refractivity (Wildman–Crippen MR) is 103 cm³/mol. The zero-order valence-electron chi connectivity index (χ0n) is 14.2. The number of benzene rings is 2. The quantitative estimate of drug-likeness (QED) is 0.545. The van der Waals surface area contributed by atoms with Gasteiger partial charge in [0.15, 0.2) is 5.76 Å². The van der Waals surface area contributed by atoms with Crippen LogP contribution in [0.1, 0.15) is 0 Å². The van der Waals surface area contributed by atoms with E-state index in [0.29, 0.717) is 23.1 Å². The molecule has 0 saturated carbocycles. The van der Waals surface area contributed by atoms with Crippen molar-refractivity contribution in [1.82, 2.24) is 15.0 Å². The number of nitrogens with zero attached hydrogens (tertiary/aromatic N) is 3. The van der Waals surface area contributed by atoms with Gasteiger partial charge in [-0.15, -0.1) is 0 Å². The summed E-state index contributed by atoms with van der Waals surface area (Å²) in [6.45, 7) is 0. The minimum atomic E-state index is -3.34. The number of nitrogens with one attached hydrogen (secondary N) is 2. The molecule has 0 aliphatic rings. The van der Waals surface area contributed by atoms with Crippen LogP contribution in [0.3, 0.4) is 0 Å². The van der Waals surface area contributed by atoms with E-state index in [1.54, 1.807) is 42.9 Å². The van der Waals surface area contributed by atoms with Crippen LogP contribution in [0.2, 0.25) is 0 Å². The van der Waals surface area contributed by atoms with Crippen molar-refractivity contribution in [3.05, 3.63) is 61.1 Å². The van der Waals surface area contributed by atoms with Crippen molar-refractivity contribution >= 4 is 38.4 Å². The first-order valence-electron chi connectivity index (χ1n) is 7.98. The van der Waals surface area contributed by atoms with Gasteiger partial charge in [0.05, 0.1) is 29.2 Å². The summed E-state index contributed by atoms with van der Waals surface area (Å²) in [6, 6.07) is 12.7. The van der Waals surface area contributed by atoms with E-state index < -0.39 is 10.0 Å². The summed E-state index contributed by atoms with van der Waals surface area (Å²) < 4.78 is 30.9. The maximum atomic E-state index is 11.4. The van der Waals surface area contributed by atoms with Gasteiger partial charge in [-0.3, -0.25) is 14.7 Å². The van der Waals surface area contributed by atoms with E-state index in [1.807, 2.05) is 18.2 Å². The molecule has 27 heavy (non-hydrogen) atoms. The SMILES string of the molecule is CS(=O)(=O)Nc1cccc(Nc2ncc(-c3ccc4nccnc4c3)o2)c1. The minimum Gasteiger partial charge on any atom is -0.423 e. The van der Waals surface area contributed by atoms with E-state index in [4.69, 9.17) is 4.42 Å². The van der Waals surface area contributed by atoms with Crippen molar-refractivity contribution < 1.29 is 12.8 Å². The van der Waals surface area contributed by atoms with Crippen molar-refractivity contribution in [3.63, 3.8) is 0 Å². The lowest BCUT2D eigenvalue weighted by Crippen LogP contribution is -2.09. The van der Waals surface area contributed by atoms with Crippen LogP contribution in [0.4, 0.5) is 17.4 Å². The second-order valence-electron chi connectivity index (χ2n) is 5.87. The predicted octanol–water partition coefficient (Wildman–Crippen LogP) is 3.40. The highest BCUT2D eigenvalue weighted by molar-refractivity contribution is 7.92. The molecular formula is C18H15N5O3S. The number of sulfonamides is 1. The Morgan fingerprint density at radius 1 is 0.926 bits per heavy atom. The highest BCUT2D eigenvalue weighted by atomic mass is 32.2. The van der Waals surface area contributed by atoms with Crippen LogP contribution in [-0.2, 0) is 10.0 Å². The van der Waals surface area contributed by atoms with E-state index >= 15 is 0 Å². The van der Waals surface area contributed by atoms with Crippen LogP contribution in [0.25, 0.3) is 22.4 Å². The Bertz CT molecular complexity index is 1220. The minimum absolute atomic E-state index is 0.292. The highest BCUT2D eigenvalue weighted by Crippen LogP contribution is 2.27. The molecule has 2 aromatic carbocycles. The Kier molecular flexibility index (Phi) is 4.21. The molecule has 0 fully saturated rings. The molecule has 2 heterocycles. The Balaban J connectivity index is 1.56. The second-order valence-corrected chi connectivity index (χ2v) is 7.62. The molecule has 136 valence electrons. The van der Waals surface area contributed by atoms with Crippen molar-refractivity contribution in [1.29, 1.82) is 0 Å². The summed E-state index contributed by atoms with van der Waals surface area (Å²) in [7, 11) is -3.34. The zero-order valence-corrected chi connectivity index (χ0v) is 15.1. The fraction of sp³-hybridized carbons (Fsp3) is 0.0556. The molecule has 4 rings (SSSR count). The lowest BCUT2D eigenvalue weighted by Gasteiger charge is -2.06. The first kappa shape index (κ1) is 17.0. The van der Waals surface area contributed by atoms with Crippen molar-refractivity contribution in [2.24, 2.45) is 0 Å². The Morgan fingerprint density at radius 3 is 2.52 bits per heavy atom. The molecule has 0 radical (unpaired) electrons. The normalized spacial score (nSPS) is 11.4. The first-order chi connectivity index (χ1) is 13.0. The van der Waals surface area contributed by atoms with Crippen molar-refractivity contribution in [3.8, 4) is 11.3 Å². The third-order valence-electron chi connectivity index (χ3n) is 3.68. The molecule has 0 saturated heterocycles. The standard InChI is InChI=1S/C18H15N5O3S/c1-27(24,25)23-14-4-2-3-13(10-14)22-18-21-11-17(26-18)12-5-6-15-16(9-12)20-8-7-19-15/h2-11,23H,1H3,(H,21,22). The number of fused-ring (bicyclic) bond motifs is 1. The lowest BCUT2D eigenvalue weighted by atomic mass is 10.1. The third-order valence-corrected chi connectivity index (χ3v) is 4.28. The van der Waals surface area contributed by atoms with Crippen LogP contribution >= 0.6 is 0 Å². The van der Waals surface area contributed by atoms with E-state index in [9.17, 15) is 8.42 Å². The van der Waals surface area contributed by atoms with Crippen LogP contribution in [0, 0.1) is 0 Å². The molecule has 8 nitrogen and oxygen atoms in total. The molecule has 0 amide bonds. The molecular weight excluding hydrogens is 366 g/mol. The van der Waals surface area contributed by atoms with Gasteiger partial charge in [0.25, 0.3) is 6.01 Å². The third kappa shape index (κ3) is 4.04. The number of anilines is 3. The topological polar surface area (TPSA) is 110 Å². The number of oxazole rings is 1. The summed E-state index contributed by atoms with van der Waals surface area (Å²) in [4.78, 5) is 12.7. The molecule has 4 aromatic rings. The maximum absolute atomic E-state index is 11.4. The number of rotatable bonds is 5. The molecule has 0 atom stereocenters. The Morgan fingerprint density at radius 2 is 1.70 bits per heavy atom. The van der Waals surface area contributed by atoms with Gasteiger partial charge in [0, 0.05) is 23.6 Å². The summed E-state index contributed by atoms with van der Waals surface area (Å²) >= 11 is 0. The van der Waals surface area contributed by atoms with Gasteiger partial charge in [-0.25, -0.2) is 13.4 Å². The van der Waals surface area contributed by atoms with Gasteiger partial charge in [0.1, 0.15) is 0 Å². The largest absolute Gasteiger partial charge is 0.423 e. The molecule has 0 bridgehead atoms. The van der Waals surface area contributed by atoms with E-state index in [1.165, 1.54) is 0 Å². The van der Waals surface area contributed by atoms with Crippen LogP contribution in [0.5, 0.6) is 0 Å². The van der Waals surface area contributed by atoms with Crippen molar-refractivity contribution in [2.45, 2.75) is 0 Å². The molecule has 9 heteroatoms. The van der Waals surface area contributed by atoms with Crippen molar-refractivity contribution in [2.75, 3.05) is 16.3 Å². The number of hydrogen-bond donors (Lipinski definition) is 2. The summed E-state index contributed by atoms with van der Waals surface area (Å²) in [5.41, 5.74) is 3.48. The molecule has 0 unspecified atom stereocenters. The van der Waals surface area contributed by atoms with Gasteiger partial charge >= 0.3 is 0 Å². The van der Waals surface area contributed by atoms with Crippen LogP contribution in [0.15, 0.2) is 65.5 Å². The van der Waals surface area contributed by atoms with E-state index in [2.05, 4.69) is 25.0 Å². The Hall–Kier alpha value is -3.46. The second kappa shape index (κ2) is 6.69. The summed E-state index contributed by atoms with van der Waals surface area (Å²) in [5.74, 6) is 0.579. The average Bonchev–Trinajstić information content (AvgIpc) is 3.08. The molecule has 2 aromatic heterocycles. The van der Waals surface area contributed by atoms with Gasteiger partial charge < -0.3 is 9.73 Å². The lowest BCUT2D eigenvalue weighted by molar-refractivity contribution is 0.592. The van der Waals surface area contributed by atoms with E-state index in [0.717, 1.165) is 22.9 Å². The number of aromatic nitrogens is 3. The highest BCUT2D eigenvalue weighted by Gasteiger charge is 2.09. The Labute approximate surface area is 155 Å². The molecule has 0 aliphatic carbocycles. The fourth-order valence-electron chi connectivity index (χ4n) is 2.58. The smallest absolute Gasteiger partial charge is 0.299 e. The average molecular weight is 381 g/mol. The number of hydrogen-bond acceptors (Lipinski definition) is 7. The van der Waals surface area contributed by atoms with Crippen LogP contribution < -0.4 is 10.0 Å². The van der Waals surface area contributed by atoms with Gasteiger partial charge in [-0.1, -0.05) is 6.07 Å². The fourth-order valence-corrected chi connectivity index (χ4v) is 3.14. The monoisotopic (exact) mass is 381 g/mol. The zero-order chi connectivity index (χ0) is 18.9. The summed E-state index contributed by atoms with van der Waals surface area (Å²) in [6.07, 6.45) is 5.99. The molecule has 2 N–H and O–H groups in total. The van der Waals surface area contributed by atoms with Crippen LogP contribution in [-0.4, -0.2) is 29.6 Å². The first-order valence-corrected chi connectivity index (χ1v) is 9.87. The van der Waals surface area contributed by atoms with E-state index in [-0.39, 0.29) is 0 Å². The summed E-state index contributed by atoms with van der Waals surface area (Å²) in [5, 5.41) is 3.02. The molecule has 0 spiro atoms. The van der Waals surface area contributed by atoms with Gasteiger partial charge in [-0.2, -0.15) is 0 Å². The van der Waals surface area contributed by atoms with Gasteiger partial charge in [0.2, 0.25) is 10.0 Å². The van der Waals surface area contributed by atoms with Gasteiger partial charge in [-0.05, 0) is 36.4 Å².